The SMILES string of the molecule is CNC1C(=O)OC(=O)C1C(C)C. The van der Waals surface area contributed by atoms with Gasteiger partial charge in [0.2, 0.25) is 0 Å². The molecule has 0 aromatic carbocycles. The zero-order valence-corrected chi connectivity index (χ0v) is 7.46. The van der Waals surface area contributed by atoms with Crippen molar-refractivity contribution in [1.82, 2.24) is 5.32 Å². The Labute approximate surface area is 71.3 Å². The minimum absolute atomic E-state index is 0.126. The van der Waals surface area contributed by atoms with Crippen molar-refractivity contribution in [3.8, 4) is 0 Å². The summed E-state index contributed by atoms with van der Waals surface area (Å²) >= 11 is 0. The minimum Gasteiger partial charge on any atom is -0.392 e. The van der Waals surface area contributed by atoms with Crippen molar-refractivity contribution >= 4 is 11.9 Å². The Bertz CT molecular complexity index is 212. The van der Waals surface area contributed by atoms with E-state index < -0.39 is 18.0 Å². The van der Waals surface area contributed by atoms with Gasteiger partial charge in [0, 0.05) is 0 Å². The van der Waals surface area contributed by atoms with Gasteiger partial charge in [-0.3, -0.25) is 4.79 Å². The molecule has 1 fully saturated rings. The van der Waals surface area contributed by atoms with Crippen molar-refractivity contribution in [2.45, 2.75) is 19.9 Å². The molecule has 0 bridgehead atoms. The van der Waals surface area contributed by atoms with Gasteiger partial charge in [0.1, 0.15) is 6.04 Å². The van der Waals surface area contributed by atoms with E-state index in [1.807, 2.05) is 13.8 Å². The van der Waals surface area contributed by atoms with E-state index in [1.165, 1.54) is 0 Å². The molecule has 12 heavy (non-hydrogen) atoms. The monoisotopic (exact) mass is 171 g/mol. The van der Waals surface area contributed by atoms with Crippen LogP contribution in [0.1, 0.15) is 13.8 Å². The fourth-order valence-corrected chi connectivity index (χ4v) is 1.47. The number of nitrogens with one attached hydrogen (secondary N) is 1. The molecule has 4 heteroatoms. The van der Waals surface area contributed by atoms with Crippen LogP contribution in [0.2, 0.25) is 0 Å². The van der Waals surface area contributed by atoms with Crippen LogP contribution in [-0.2, 0) is 14.3 Å². The molecule has 1 heterocycles. The first-order chi connectivity index (χ1) is 5.57. The summed E-state index contributed by atoms with van der Waals surface area (Å²) in [6, 6.07) is -0.461. The number of carbonyl (C=O) groups excluding carboxylic acids is 2. The van der Waals surface area contributed by atoms with Gasteiger partial charge in [-0.2, -0.15) is 0 Å². The molecular formula is C8H13NO3. The third kappa shape index (κ3) is 1.34. The topological polar surface area (TPSA) is 55.4 Å². The lowest BCUT2D eigenvalue weighted by atomic mass is 9.90. The lowest BCUT2D eigenvalue weighted by Crippen LogP contribution is -2.38. The van der Waals surface area contributed by atoms with Crippen molar-refractivity contribution in [2.24, 2.45) is 11.8 Å². The van der Waals surface area contributed by atoms with E-state index in [2.05, 4.69) is 10.1 Å². The van der Waals surface area contributed by atoms with Crippen LogP contribution in [0.4, 0.5) is 0 Å². The molecule has 68 valence electrons. The molecule has 4 nitrogen and oxygen atoms in total. The number of likely N-dealkylation sites (N-methyl/N-ethyl adjacent to an activating group) is 1. The molecule has 1 saturated heterocycles. The number of ether oxygens (including phenoxy) is 1. The maximum Gasteiger partial charge on any atom is 0.331 e. The molecule has 1 aliphatic heterocycles. The van der Waals surface area contributed by atoms with Crippen LogP contribution in [-0.4, -0.2) is 25.0 Å². The van der Waals surface area contributed by atoms with Crippen LogP contribution in [0.25, 0.3) is 0 Å². The van der Waals surface area contributed by atoms with Gasteiger partial charge in [-0.1, -0.05) is 13.8 Å². The molecule has 2 atom stereocenters. The Morgan fingerprint density at radius 3 is 2.25 bits per heavy atom. The minimum atomic E-state index is -0.461. The molecule has 0 saturated carbocycles. The van der Waals surface area contributed by atoms with Gasteiger partial charge >= 0.3 is 11.9 Å². The molecule has 1 N–H and O–H groups in total. The second-order valence-corrected chi connectivity index (χ2v) is 3.28. The number of esters is 2. The zero-order chi connectivity index (χ0) is 9.30. The largest absolute Gasteiger partial charge is 0.392 e. The number of cyclic esters (lactones) is 2. The van der Waals surface area contributed by atoms with Crippen molar-refractivity contribution in [3.63, 3.8) is 0 Å². The fraction of sp³-hybridized carbons (Fsp3) is 0.750. The van der Waals surface area contributed by atoms with E-state index >= 15 is 0 Å². The first kappa shape index (κ1) is 9.19. The molecule has 2 unspecified atom stereocenters. The predicted octanol–water partition coefficient (Wildman–Crippen LogP) is -0.0700. The summed E-state index contributed by atoms with van der Waals surface area (Å²) in [4.78, 5) is 22.1. The molecule has 1 aliphatic rings. The average molecular weight is 171 g/mol. The maximum atomic E-state index is 11.1. The Balaban J connectivity index is 2.82. The van der Waals surface area contributed by atoms with E-state index in [9.17, 15) is 9.59 Å². The number of hydrogen-bond acceptors (Lipinski definition) is 4. The van der Waals surface area contributed by atoms with Crippen LogP contribution in [0.5, 0.6) is 0 Å². The van der Waals surface area contributed by atoms with Gasteiger partial charge in [0.25, 0.3) is 0 Å². The van der Waals surface area contributed by atoms with E-state index in [1.54, 1.807) is 7.05 Å². The lowest BCUT2D eigenvalue weighted by Gasteiger charge is -2.15. The van der Waals surface area contributed by atoms with Crippen LogP contribution >= 0.6 is 0 Å². The second kappa shape index (κ2) is 3.23. The van der Waals surface area contributed by atoms with Gasteiger partial charge in [0.05, 0.1) is 5.92 Å². The standard InChI is InChI=1S/C8H13NO3/c1-4(2)5-6(9-3)8(11)12-7(5)10/h4-6,9H,1-3H3. The molecule has 0 aromatic heterocycles. The molecule has 0 aliphatic carbocycles. The van der Waals surface area contributed by atoms with Crippen LogP contribution in [0.3, 0.4) is 0 Å². The summed E-state index contributed by atoms with van der Waals surface area (Å²) in [6.07, 6.45) is 0. The summed E-state index contributed by atoms with van der Waals surface area (Å²) in [5, 5.41) is 2.78. The van der Waals surface area contributed by atoms with E-state index in [0.717, 1.165) is 0 Å². The summed E-state index contributed by atoms with van der Waals surface area (Å²) in [6.45, 7) is 3.80. The zero-order valence-electron chi connectivity index (χ0n) is 7.46. The quantitative estimate of drug-likeness (QED) is 0.466. The highest BCUT2D eigenvalue weighted by molar-refractivity contribution is 5.98. The Hall–Kier alpha value is -0.900. The van der Waals surface area contributed by atoms with Gasteiger partial charge in [-0.05, 0) is 13.0 Å². The average Bonchev–Trinajstić information content (AvgIpc) is 2.24. The van der Waals surface area contributed by atoms with E-state index in [4.69, 9.17) is 0 Å². The van der Waals surface area contributed by atoms with Crippen molar-refractivity contribution in [1.29, 1.82) is 0 Å². The maximum absolute atomic E-state index is 11.1. The van der Waals surface area contributed by atoms with Crippen LogP contribution < -0.4 is 5.32 Å². The Kier molecular flexibility index (Phi) is 2.47. The van der Waals surface area contributed by atoms with Gasteiger partial charge in [0.15, 0.2) is 0 Å². The second-order valence-electron chi connectivity index (χ2n) is 3.28. The van der Waals surface area contributed by atoms with Gasteiger partial charge in [-0.15, -0.1) is 0 Å². The Morgan fingerprint density at radius 1 is 1.33 bits per heavy atom. The van der Waals surface area contributed by atoms with E-state index in [-0.39, 0.29) is 11.8 Å². The number of hydrogen-bond donors (Lipinski definition) is 1. The molecule has 1 rings (SSSR count). The highest BCUT2D eigenvalue weighted by Crippen LogP contribution is 2.23. The lowest BCUT2D eigenvalue weighted by molar-refractivity contribution is -0.153. The molecule has 0 spiro atoms. The first-order valence-corrected chi connectivity index (χ1v) is 4.00. The number of carbonyl (C=O) groups is 2. The third-order valence-corrected chi connectivity index (χ3v) is 2.12. The summed E-state index contributed by atoms with van der Waals surface area (Å²) < 4.78 is 4.50. The van der Waals surface area contributed by atoms with Crippen LogP contribution in [0.15, 0.2) is 0 Å². The highest BCUT2D eigenvalue weighted by atomic mass is 16.6. The summed E-state index contributed by atoms with van der Waals surface area (Å²) in [5.41, 5.74) is 0. The van der Waals surface area contributed by atoms with Gasteiger partial charge < -0.3 is 10.1 Å². The van der Waals surface area contributed by atoms with E-state index in [0.29, 0.717) is 0 Å². The van der Waals surface area contributed by atoms with Crippen LogP contribution in [0, 0.1) is 11.8 Å². The molecular weight excluding hydrogens is 158 g/mol. The third-order valence-electron chi connectivity index (χ3n) is 2.12. The fourth-order valence-electron chi connectivity index (χ4n) is 1.47. The smallest absolute Gasteiger partial charge is 0.331 e. The van der Waals surface area contributed by atoms with Gasteiger partial charge in [-0.25, -0.2) is 4.79 Å². The normalized spacial score (nSPS) is 29.7. The number of rotatable bonds is 2. The first-order valence-electron chi connectivity index (χ1n) is 4.00. The highest BCUT2D eigenvalue weighted by Gasteiger charge is 2.44. The molecule has 0 aromatic rings. The predicted molar refractivity (Wildman–Crippen MR) is 42.3 cm³/mol. The molecule has 0 radical (unpaired) electrons. The van der Waals surface area contributed by atoms with Crippen molar-refractivity contribution < 1.29 is 14.3 Å². The molecule has 0 amide bonds. The van der Waals surface area contributed by atoms with Crippen molar-refractivity contribution in [2.75, 3.05) is 7.05 Å². The Morgan fingerprint density at radius 2 is 1.92 bits per heavy atom. The summed E-state index contributed by atoms with van der Waals surface area (Å²) in [7, 11) is 1.65. The van der Waals surface area contributed by atoms with Crippen molar-refractivity contribution in [3.05, 3.63) is 0 Å². The summed E-state index contributed by atoms with van der Waals surface area (Å²) in [5.74, 6) is -1.07.